The smallest absolute Gasteiger partial charge is 0.285 e. The minimum atomic E-state index is -3.56. The molecule has 2 aromatic carbocycles. The third kappa shape index (κ3) is 2.56. The summed E-state index contributed by atoms with van der Waals surface area (Å²) in [5.41, 5.74) is 4.20. The Kier molecular flexibility index (Phi) is 3.29. The van der Waals surface area contributed by atoms with E-state index in [0.29, 0.717) is 12.2 Å². The Bertz CT molecular complexity index is 826. The monoisotopic (exact) mass is 300 g/mol. The van der Waals surface area contributed by atoms with Crippen molar-refractivity contribution < 1.29 is 8.42 Å². The third-order valence-electron chi connectivity index (χ3n) is 3.62. The average molecular weight is 300 g/mol. The molecule has 108 valence electrons. The van der Waals surface area contributed by atoms with Gasteiger partial charge in [0.25, 0.3) is 10.0 Å². The predicted molar refractivity (Wildman–Crippen MR) is 84.2 cm³/mol. The first kappa shape index (κ1) is 13.8. The van der Waals surface area contributed by atoms with Crippen LogP contribution in [0.25, 0.3) is 0 Å². The molecule has 3 rings (SSSR count). The molecule has 2 aromatic rings. The zero-order valence-corrected chi connectivity index (χ0v) is 12.8. The van der Waals surface area contributed by atoms with Crippen LogP contribution in [0.2, 0.25) is 0 Å². The Morgan fingerprint density at radius 2 is 1.86 bits per heavy atom. The molecule has 0 unspecified atom stereocenters. The molecule has 0 aromatic heterocycles. The van der Waals surface area contributed by atoms with Crippen molar-refractivity contribution in [1.29, 1.82) is 0 Å². The molecule has 5 heteroatoms. The topological polar surface area (TPSA) is 49.7 Å². The molecule has 0 radical (unpaired) electrons. The lowest BCUT2D eigenvalue weighted by Crippen LogP contribution is -2.27. The fraction of sp³-hybridized carbons (Fsp3) is 0.188. The highest BCUT2D eigenvalue weighted by Gasteiger charge is 2.24. The number of hydrogen-bond donors (Lipinski definition) is 0. The molecule has 1 aliphatic heterocycles. The summed E-state index contributed by atoms with van der Waals surface area (Å²) in [6, 6.07) is 13.2. The maximum absolute atomic E-state index is 12.0. The molecule has 1 aliphatic rings. The van der Waals surface area contributed by atoms with Crippen molar-refractivity contribution in [1.82, 2.24) is 0 Å². The number of rotatable bonds is 2. The van der Waals surface area contributed by atoms with Gasteiger partial charge in [-0.1, -0.05) is 35.9 Å². The van der Waals surface area contributed by atoms with E-state index in [1.54, 1.807) is 12.1 Å². The minimum Gasteiger partial charge on any atom is -0.326 e. The number of nitrogens with zero attached hydrogens (tertiary/aromatic N) is 2. The van der Waals surface area contributed by atoms with Crippen molar-refractivity contribution in [3.05, 3.63) is 59.2 Å². The molecular formula is C16H16N2O2S. The zero-order chi connectivity index (χ0) is 15.0. The van der Waals surface area contributed by atoms with Crippen molar-refractivity contribution in [2.75, 3.05) is 4.90 Å². The lowest BCUT2D eigenvalue weighted by atomic mass is 10.1. The van der Waals surface area contributed by atoms with Crippen molar-refractivity contribution in [2.45, 2.75) is 25.3 Å². The molecule has 0 atom stereocenters. The average Bonchev–Trinajstić information content (AvgIpc) is 2.46. The van der Waals surface area contributed by atoms with Crippen molar-refractivity contribution in [3.63, 3.8) is 0 Å². The van der Waals surface area contributed by atoms with Gasteiger partial charge in [0.15, 0.2) is 0 Å². The SMILES string of the molecule is Cc1ccc(C)c(CN2C=NS(=O)(=O)c3ccccc32)c1. The van der Waals surface area contributed by atoms with Gasteiger partial charge in [-0.3, -0.25) is 0 Å². The fourth-order valence-electron chi connectivity index (χ4n) is 2.43. The Labute approximate surface area is 124 Å². The Hall–Kier alpha value is -2.14. The molecule has 0 saturated carbocycles. The first-order valence-electron chi connectivity index (χ1n) is 6.70. The summed E-state index contributed by atoms with van der Waals surface area (Å²) in [5.74, 6) is 0. The van der Waals surface area contributed by atoms with Crippen LogP contribution in [0.15, 0.2) is 51.8 Å². The molecule has 0 bridgehead atoms. The highest BCUT2D eigenvalue weighted by atomic mass is 32.2. The maximum Gasteiger partial charge on any atom is 0.285 e. The van der Waals surface area contributed by atoms with Crippen LogP contribution in [-0.4, -0.2) is 14.8 Å². The largest absolute Gasteiger partial charge is 0.326 e. The first-order valence-corrected chi connectivity index (χ1v) is 8.14. The maximum atomic E-state index is 12.0. The van der Waals surface area contributed by atoms with Gasteiger partial charge in [0.2, 0.25) is 0 Å². The molecule has 4 nitrogen and oxygen atoms in total. The van der Waals surface area contributed by atoms with Crippen LogP contribution < -0.4 is 4.90 Å². The minimum absolute atomic E-state index is 0.262. The molecule has 21 heavy (non-hydrogen) atoms. The summed E-state index contributed by atoms with van der Waals surface area (Å²) in [6.45, 7) is 4.70. The molecule has 1 heterocycles. The van der Waals surface area contributed by atoms with Gasteiger partial charge in [-0.25, -0.2) is 0 Å². The van der Waals surface area contributed by atoms with Crippen molar-refractivity contribution >= 4 is 22.0 Å². The van der Waals surface area contributed by atoms with Gasteiger partial charge in [-0.15, -0.1) is 4.40 Å². The van der Waals surface area contributed by atoms with E-state index in [4.69, 9.17) is 0 Å². The molecule has 0 fully saturated rings. The van der Waals surface area contributed by atoms with E-state index in [1.807, 2.05) is 24.0 Å². The lowest BCUT2D eigenvalue weighted by molar-refractivity contribution is 0.597. The predicted octanol–water partition coefficient (Wildman–Crippen LogP) is 3.04. The van der Waals surface area contributed by atoms with Gasteiger partial charge in [0, 0.05) is 6.54 Å². The summed E-state index contributed by atoms with van der Waals surface area (Å²) in [6.07, 6.45) is 1.40. The van der Waals surface area contributed by atoms with Crippen LogP contribution >= 0.6 is 0 Å². The number of benzene rings is 2. The Morgan fingerprint density at radius 1 is 1.10 bits per heavy atom. The molecule has 0 saturated heterocycles. The van der Waals surface area contributed by atoms with Crippen LogP contribution in [0.4, 0.5) is 5.69 Å². The number of sulfonamides is 1. The van der Waals surface area contributed by atoms with Gasteiger partial charge in [0.05, 0.1) is 5.69 Å². The molecule has 0 N–H and O–H groups in total. The van der Waals surface area contributed by atoms with Crippen LogP contribution in [0.1, 0.15) is 16.7 Å². The van der Waals surface area contributed by atoms with E-state index in [2.05, 4.69) is 29.5 Å². The highest BCUT2D eigenvalue weighted by Crippen LogP contribution is 2.30. The van der Waals surface area contributed by atoms with E-state index in [-0.39, 0.29) is 4.90 Å². The standard InChI is InChI=1S/C16H16N2O2S/c1-12-7-8-13(2)14(9-12)10-18-11-17-21(19,20)16-6-4-3-5-15(16)18/h3-9,11H,10H2,1-2H3. The van der Waals surface area contributed by atoms with Crippen LogP contribution in [-0.2, 0) is 16.6 Å². The normalized spacial score (nSPS) is 15.8. The second kappa shape index (κ2) is 5.00. The number of aryl methyl sites for hydroxylation is 2. The van der Waals surface area contributed by atoms with E-state index in [1.165, 1.54) is 17.5 Å². The van der Waals surface area contributed by atoms with Crippen LogP contribution in [0.3, 0.4) is 0 Å². The van der Waals surface area contributed by atoms with Gasteiger partial charge >= 0.3 is 0 Å². The van der Waals surface area contributed by atoms with E-state index < -0.39 is 10.0 Å². The third-order valence-corrected chi connectivity index (χ3v) is 4.90. The Morgan fingerprint density at radius 3 is 2.67 bits per heavy atom. The van der Waals surface area contributed by atoms with Crippen molar-refractivity contribution in [2.24, 2.45) is 4.40 Å². The molecule has 0 aliphatic carbocycles. The van der Waals surface area contributed by atoms with Gasteiger partial charge in [-0.05, 0) is 37.1 Å². The first-order chi connectivity index (χ1) is 9.97. The second-order valence-electron chi connectivity index (χ2n) is 5.22. The summed E-state index contributed by atoms with van der Waals surface area (Å²) < 4.78 is 27.6. The lowest BCUT2D eigenvalue weighted by Gasteiger charge is -2.25. The molecular weight excluding hydrogens is 284 g/mol. The second-order valence-corrected chi connectivity index (χ2v) is 6.82. The highest BCUT2D eigenvalue weighted by molar-refractivity contribution is 7.90. The van der Waals surface area contributed by atoms with Crippen molar-refractivity contribution in [3.8, 4) is 0 Å². The summed E-state index contributed by atoms with van der Waals surface area (Å²) >= 11 is 0. The number of hydrogen-bond acceptors (Lipinski definition) is 3. The number of anilines is 1. The summed E-state index contributed by atoms with van der Waals surface area (Å²) in [5, 5.41) is 0. The summed E-state index contributed by atoms with van der Waals surface area (Å²) in [4.78, 5) is 2.14. The van der Waals surface area contributed by atoms with Gasteiger partial charge in [-0.2, -0.15) is 8.42 Å². The quantitative estimate of drug-likeness (QED) is 0.856. The molecule has 0 amide bonds. The van der Waals surface area contributed by atoms with Gasteiger partial charge < -0.3 is 4.90 Å². The van der Waals surface area contributed by atoms with E-state index in [0.717, 1.165) is 5.56 Å². The zero-order valence-electron chi connectivity index (χ0n) is 11.9. The van der Waals surface area contributed by atoms with Gasteiger partial charge in [0.1, 0.15) is 11.2 Å². The van der Waals surface area contributed by atoms with E-state index in [9.17, 15) is 8.42 Å². The fourth-order valence-corrected chi connectivity index (χ4v) is 3.48. The summed E-state index contributed by atoms with van der Waals surface area (Å²) in [7, 11) is -3.56. The molecule has 0 spiro atoms. The van der Waals surface area contributed by atoms with Crippen LogP contribution in [0, 0.1) is 13.8 Å². The van der Waals surface area contributed by atoms with Crippen LogP contribution in [0.5, 0.6) is 0 Å². The van der Waals surface area contributed by atoms with E-state index >= 15 is 0 Å². The number of fused-ring (bicyclic) bond motifs is 1. The number of para-hydroxylation sites is 1. The Balaban J connectivity index is 2.03.